The Balaban J connectivity index is 1.70. The summed E-state index contributed by atoms with van der Waals surface area (Å²) in [7, 11) is 0. The van der Waals surface area contributed by atoms with Gasteiger partial charge in [0.15, 0.2) is 0 Å². The van der Waals surface area contributed by atoms with Gasteiger partial charge >= 0.3 is 5.97 Å². The van der Waals surface area contributed by atoms with Crippen LogP contribution in [-0.4, -0.2) is 23.5 Å². The fourth-order valence-electron chi connectivity index (χ4n) is 2.45. The Bertz CT molecular complexity index is 925. The second-order valence-corrected chi connectivity index (χ2v) is 5.64. The van der Waals surface area contributed by atoms with Crippen molar-refractivity contribution in [3.05, 3.63) is 84.1 Å². The van der Waals surface area contributed by atoms with E-state index in [1.807, 2.05) is 12.1 Å². The zero-order valence-electron chi connectivity index (χ0n) is 14.8. The molecule has 27 heavy (non-hydrogen) atoms. The molecule has 0 radical (unpaired) electrons. The number of pyridine rings is 1. The standard InChI is InChI=1S/C21H19N3O3/c1-2-27-21(26)17-10-6-7-11-18(17)24-19-13-12-16(14-22-19)23-20(25)15-8-4-3-5-9-15/h3-14H,2H2,1H3,(H,22,24)(H,23,25). The van der Waals surface area contributed by atoms with E-state index in [0.29, 0.717) is 34.9 Å². The molecule has 0 saturated heterocycles. The summed E-state index contributed by atoms with van der Waals surface area (Å²) in [4.78, 5) is 28.5. The number of ether oxygens (including phenoxy) is 1. The molecule has 1 heterocycles. The summed E-state index contributed by atoms with van der Waals surface area (Å²) in [5.41, 5.74) is 2.18. The molecule has 2 aromatic carbocycles. The van der Waals surface area contributed by atoms with Crippen LogP contribution in [0.3, 0.4) is 0 Å². The SMILES string of the molecule is CCOC(=O)c1ccccc1Nc1ccc(NC(=O)c2ccccc2)cn1. The first-order valence-corrected chi connectivity index (χ1v) is 8.53. The number of benzene rings is 2. The van der Waals surface area contributed by atoms with E-state index in [9.17, 15) is 9.59 Å². The molecular formula is C21H19N3O3. The molecule has 0 aliphatic rings. The topological polar surface area (TPSA) is 80.3 Å². The van der Waals surface area contributed by atoms with Crippen LogP contribution in [0.15, 0.2) is 72.9 Å². The molecule has 0 fully saturated rings. The maximum absolute atomic E-state index is 12.2. The van der Waals surface area contributed by atoms with Gasteiger partial charge in [-0.05, 0) is 43.3 Å². The molecule has 6 nitrogen and oxygen atoms in total. The van der Waals surface area contributed by atoms with E-state index in [4.69, 9.17) is 4.74 Å². The van der Waals surface area contributed by atoms with Crippen molar-refractivity contribution < 1.29 is 14.3 Å². The van der Waals surface area contributed by atoms with E-state index in [2.05, 4.69) is 15.6 Å². The first-order valence-electron chi connectivity index (χ1n) is 8.53. The summed E-state index contributed by atoms with van der Waals surface area (Å²) in [5.74, 6) is -0.0532. The minimum Gasteiger partial charge on any atom is -0.462 e. The van der Waals surface area contributed by atoms with Crippen molar-refractivity contribution in [3.63, 3.8) is 0 Å². The Morgan fingerprint density at radius 2 is 1.70 bits per heavy atom. The van der Waals surface area contributed by atoms with Gasteiger partial charge in [0.05, 0.1) is 29.7 Å². The van der Waals surface area contributed by atoms with Gasteiger partial charge in [0.25, 0.3) is 5.91 Å². The Morgan fingerprint density at radius 3 is 2.41 bits per heavy atom. The lowest BCUT2D eigenvalue weighted by atomic mass is 10.2. The van der Waals surface area contributed by atoms with Crippen LogP contribution < -0.4 is 10.6 Å². The summed E-state index contributed by atoms with van der Waals surface area (Å²) >= 11 is 0. The third-order valence-corrected chi connectivity index (χ3v) is 3.74. The second kappa shape index (κ2) is 8.62. The molecule has 3 aromatic rings. The summed E-state index contributed by atoms with van der Waals surface area (Å²) in [6, 6.07) is 19.5. The number of carbonyl (C=O) groups is 2. The van der Waals surface area contributed by atoms with Gasteiger partial charge in [0, 0.05) is 5.56 Å². The lowest BCUT2D eigenvalue weighted by Gasteiger charge is -2.11. The number of aromatic nitrogens is 1. The van der Waals surface area contributed by atoms with Crippen LogP contribution in [-0.2, 0) is 4.74 Å². The van der Waals surface area contributed by atoms with E-state index >= 15 is 0 Å². The van der Waals surface area contributed by atoms with Crippen molar-refractivity contribution >= 4 is 29.1 Å². The Hall–Kier alpha value is -3.67. The van der Waals surface area contributed by atoms with Crippen molar-refractivity contribution in [1.82, 2.24) is 4.98 Å². The fraction of sp³-hybridized carbons (Fsp3) is 0.0952. The summed E-state index contributed by atoms with van der Waals surface area (Å²) in [5, 5.41) is 5.89. The van der Waals surface area contributed by atoms with Crippen LogP contribution in [0, 0.1) is 0 Å². The Morgan fingerprint density at radius 1 is 0.963 bits per heavy atom. The number of hydrogen-bond acceptors (Lipinski definition) is 5. The van der Waals surface area contributed by atoms with Crippen LogP contribution in [0.1, 0.15) is 27.6 Å². The fourth-order valence-corrected chi connectivity index (χ4v) is 2.45. The van der Waals surface area contributed by atoms with Crippen LogP contribution in [0.2, 0.25) is 0 Å². The summed E-state index contributed by atoms with van der Waals surface area (Å²) in [6.07, 6.45) is 1.55. The number of carbonyl (C=O) groups excluding carboxylic acids is 2. The Kier molecular flexibility index (Phi) is 5.79. The van der Waals surface area contributed by atoms with Gasteiger partial charge in [-0.2, -0.15) is 0 Å². The molecular weight excluding hydrogens is 342 g/mol. The number of hydrogen-bond donors (Lipinski definition) is 2. The number of nitrogens with one attached hydrogen (secondary N) is 2. The predicted molar refractivity (Wildman–Crippen MR) is 104 cm³/mol. The third-order valence-electron chi connectivity index (χ3n) is 3.74. The molecule has 136 valence electrons. The molecule has 0 saturated carbocycles. The number of anilines is 3. The van der Waals surface area contributed by atoms with Gasteiger partial charge in [-0.15, -0.1) is 0 Å². The second-order valence-electron chi connectivity index (χ2n) is 5.64. The highest BCUT2D eigenvalue weighted by Gasteiger charge is 2.12. The van der Waals surface area contributed by atoms with E-state index in [1.165, 1.54) is 0 Å². The third kappa shape index (κ3) is 4.70. The lowest BCUT2D eigenvalue weighted by molar-refractivity contribution is 0.0527. The quantitative estimate of drug-likeness (QED) is 0.642. The predicted octanol–water partition coefficient (Wildman–Crippen LogP) is 4.25. The number of amides is 1. The normalized spacial score (nSPS) is 10.1. The minimum absolute atomic E-state index is 0.203. The maximum atomic E-state index is 12.2. The number of para-hydroxylation sites is 1. The molecule has 0 spiro atoms. The molecule has 0 aliphatic carbocycles. The lowest BCUT2D eigenvalue weighted by Crippen LogP contribution is -2.12. The number of esters is 1. The van der Waals surface area contributed by atoms with E-state index in [1.54, 1.807) is 67.7 Å². The average molecular weight is 361 g/mol. The monoisotopic (exact) mass is 361 g/mol. The van der Waals surface area contributed by atoms with Crippen molar-refractivity contribution in [2.75, 3.05) is 17.2 Å². The van der Waals surface area contributed by atoms with E-state index < -0.39 is 5.97 Å². The molecule has 0 aliphatic heterocycles. The van der Waals surface area contributed by atoms with E-state index in [0.717, 1.165) is 0 Å². The molecule has 0 unspecified atom stereocenters. The molecule has 0 atom stereocenters. The highest BCUT2D eigenvalue weighted by atomic mass is 16.5. The average Bonchev–Trinajstić information content (AvgIpc) is 2.70. The van der Waals surface area contributed by atoms with Crippen LogP contribution in [0.25, 0.3) is 0 Å². The van der Waals surface area contributed by atoms with Crippen molar-refractivity contribution in [2.24, 2.45) is 0 Å². The molecule has 2 N–H and O–H groups in total. The minimum atomic E-state index is -0.396. The van der Waals surface area contributed by atoms with Gasteiger partial charge < -0.3 is 15.4 Å². The molecule has 3 rings (SSSR count). The molecule has 6 heteroatoms. The number of rotatable bonds is 6. The molecule has 0 bridgehead atoms. The van der Waals surface area contributed by atoms with Crippen molar-refractivity contribution in [2.45, 2.75) is 6.92 Å². The highest BCUT2D eigenvalue weighted by Crippen LogP contribution is 2.21. The largest absolute Gasteiger partial charge is 0.462 e. The van der Waals surface area contributed by atoms with Crippen molar-refractivity contribution in [3.8, 4) is 0 Å². The first-order chi connectivity index (χ1) is 13.2. The first kappa shape index (κ1) is 18.1. The van der Waals surface area contributed by atoms with Crippen LogP contribution in [0.5, 0.6) is 0 Å². The highest BCUT2D eigenvalue weighted by molar-refractivity contribution is 6.04. The Labute approximate surface area is 157 Å². The molecule has 1 amide bonds. The zero-order chi connectivity index (χ0) is 19.1. The van der Waals surface area contributed by atoms with E-state index in [-0.39, 0.29) is 5.91 Å². The van der Waals surface area contributed by atoms with Crippen LogP contribution in [0.4, 0.5) is 17.2 Å². The van der Waals surface area contributed by atoms with Gasteiger partial charge in [0.2, 0.25) is 0 Å². The van der Waals surface area contributed by atoms with Gasteiger partial charge in [-0.3, -0.25) is 4.79 Å². The van der Waals surface area contributed by atoms with Gasteiger partial charge in [-0.1, -0.05) is 30.3 Å². The maximum Gasteiger partial charge on any atom is 0.340 e. The van der Waals surface area contributed by atoms with Crippen LogP contribution >= 0.6 is 0 Å². The van der Waals surface area contributed by atoms with Gasteiger partial charge in [-0.25, -0.2) is 9.78 Å². The number of nitrogens with zero attached hydrogens (tertiary/aromatic N) is 1. The summed E-state index contributed by atoms with van der Waals surface area (Å²) in [6.45, 7) is 2.07. The van der Waals surface area contributed by atoms with Gasteiger partial charge in [0.1, 0.15) is 5.82 Å². The molecule has 1 aromatic heterocycles. The zero-order valence-corrected chi connectivity index (χ0v) is 14.8. The van der Waals surface area contributed by atoms with Crippen molar-refractivity contribution in [1.29, 1.82) is 0 Å². The summed E-state index contributed by atoms with van der Waals surface area (Å²) < 4.78 is 5.06. The smallest absolute Gasteiger partial charge is 0.340 e.